The van der Waals surface area contributed by atoms with Gasteiger partial charge in [0.1, 0.15) is 6.61 Å². The van der Waals surface area contributed by atoms with Gasteiger partial charge in [0.15, 0.2) is 6.29 Å². The number of carbonyl (C=O) groups excluding carboxylic acids is 1. The van der Waals surface area contributed by atoms with E-state index >= 15 is 0 Å². The Balaban J connectivity index is 3.27. The summed E-state index contributed by atoms with van der Waals surface area (Å²) >= 11 is 0. The lowest BCUT2D eigenvalue weighted by Crippen LogP contribution is -2.17. The molecule has 30 heavy (non-hydrogen) atoms. The van der Waals surface area contributed by atoms with Gasteiger partial charge in [-0.2, -0.15) is 0 Å². The number of phosphoric ester groups is 1. The van der Waals surface area contributed by atoms with Crippen molar-refractivity contribution >= 4 is 13.8 Å². The molecule has 0 saturated heterocycles. The summed E-state index contributed by atoms with van der Waals surface area (Å²) in [6.07, 6.45) is 18.6. The molecule has 0 heterocycles. The summed E-state index contributed by atoms with van der Waals surface area (Å²) in [6.45, 7) is 3.71. The molecule has 180 valence electrons. The number of unbranched alkanes of at least 4 members (excludes halogenated alkanes) is 14. The van der Waals surface area contributed by atoms with E-state index in [-0.39, 0.29) is 19.2 Å². The molecular weight excluding hydrogens is 407 g/mol. The quantitative estimate of drug-likeness (QED) is 0.0864. The molecule has 0 saturated carbocycles. The van der Waals surface area contributed by atoms with Crippen LogP contribution in [-0.2, 0) is 23.4 Å². The predicted molar refractivity (Wildman–Crippen MR) is 119 cm³/mol. The van der Waals surface area contributed by atoms with Crippen molar-refractivity contribution in [2.75, 3.05) is 13.2 Å². The van der Waals surface area contributed by atoms with Crippen molar-refractivity contribution in [3.05, 3.63) is 0 Å². The molecule has 1 atom stereocenters. The van der Waals surface area contributed by atoms with Crippen molar-refractivity contribution in [2.24, 2.45) is 0 Å². The van der Waals surface area contributed by atoms with Gasteiger partial charge in [-0.05, 0) is 13.3 Å². The number of phosphoric acid groups is 1. The molecule has 0 aliphatic heterocycles. The highest BCUT2D eigenvalue weighted by atomic mass is 31.2. The minimum atomic E-state index is -4.56. The van der Waals surface area contributed by atoms with Crippen molar-refractivity contribution in [3.8, 4) is 0 Å². The Hall–Kier alpha value is -0.460. The van der Waals surface area contributed by atoms with Crippen LogP contribution < -0.4 is 0 Å². The second-order valence-corrected chi connectivity index (χ2v) is 9.15. The fourth-order valence-corrected chi connectivity index (χ4v) is 3.75. The van der Waals surface area contributed by atoms with E-state index in [1.54, 1.807) is 0 Å². The highest BCUT2D eigenvalue weighted by Gasteiger charge is 2.19. The van der Waals surface area contributed by atoms with Crippen LogP contribution in [0.4, 0.5) is 0 Å². The van der Waals surface area contributed by atoms with Gasteiger partial charge in [0.25, 0.3) is 0 Å². The van der Waals surface area contributed by atoms with Crippen molar-refractivity contribution in [1.82, 2.24) is 0 Å². The van der Waals surface area contributed by atoms with Crippen LogP contribution in [0.2, 0.25) is 0 Å². The van der Waals surface area contributed by atoms with Crippen LogP contribution in [0.1, 0.15) is 117 Å². The highest BCUT2D eigenvalue weighted by Crippen LogP contribution is 2.37. The van der Waals surface area contributed by atoms with Crippen molar-refractivity contribution in [2.45, 2.75) is 123 Å². The molecule has 7 nitrogen and oxygen atoms in total. The molecule has 0 fully saturated rings. The van der Waals surface area contributed by atoms with Gasteiger partial charge in [-0.25, -0.2) is 4.57 Å². The molecule has 8 heteroatoms. The van der Waals surface area contributed by atoms with Gasteiger partial charge in [0.05, 0.1) is 6.61 Å². The van der Waals surface area contributed by atoms with E-state index in [4.69, 9.17) is 19.3 Å². The first-order valence-electron chi connectivity index (χ1n) is 11.9. The van der Waals surface area contributed by atoms with Crippen LogP contribution in [-0.4, -0.2) is 35.3 Å². The Bertz CT molecular complexity index is 439. The molecule has 0 amide bonds. The third-order valence-corrected chi connectivity index (χ3v) is 5.54. The summed E-state index contributed by atoms with van der Waals surface area (Å²) in [7, 11) is -4.56. The molecule has 0 bridgehead atoms. The van der Waals surface area contributed by atoms with Gasteiger partial charge in [-0.15, -0.1) is 0 Å². The summed E-state index contributed by atoms with van der Waals surface area (Å²) in [6, 6.07) is 0. The first kappa shape index (κ1) is 29.5. The maximum atomic E-state index is 11.6. The molecule has 0 radical (unpaired) electrons. The molecule has 1 unspecified atom stereocenters. The van der Waals surface area contributed by atoms with Crippen LogP contribution in [0.5, 0.6) is 0 Å². The molecule has 0 spiro atoms. The lowest BCUT2D eigenvalue weighted by Gasteiger charge is -2.14. The Morgan fingerprint density at radius 2 is 1.20 bits per heavy atom. The van der Waals surface area contributed by atoms with Crippen LogP contribution in [0.25, 0.3) is 0 Å². The minimum Gasteiger partial charge on any atom is -0.463 e. The maximum absolute atomic E-state index is 11.6. The lowest BCUT2D eigenvalue weighted by atomic mass is 10.0. The second-order valence-electron chi connectivity index (χ2n) is 7.95. The maximum Gasteiger partial charge on any atom is 0.471 e. The Labute approximate surface area is 183 Å². The van der Waals surface area contributed by atoms with Gasteiger partial charge in [0.2, 0.25) is 0 Å². The molecule has 0 rings (SSSR count). The van der Waals surface area contributed by atoms with Crippen molar-refractivity contribution < 1.29 is 33.1 Å². The number of esters is 1. The van der Waals surface area contributed by atoms with Crippen molar-refractivity contribution in [1.29, 1.82) is 0 Å². The van der Waals surface area contributed by atoms with Crippen molar-refractivity contribution in [3.63, 3.8) is 0 Å². The van der Waals surface area contributed by atoms with E-state index in [1.807, 2.05) is 0 Å². The molecule has 0 aliphatic rings. The largest absolute Gasteiger partial charge is 0.471 e. The Kier molecular flexibility index (Phi) is 20.1. The summed E-state index contributed by atoms with van der Waals surface area (Å²) in [4.78, 5) is 28.9. The smallest absolute Gasteiger partial charge is 0.463 e. The van der Waals surface area contributed by atoms with Gasteiger partial charge < -0.3 is 19.3 Å². The number of hydrogen-bond donors (Lipinski definition) is 2. The zero-order valence-corrected chi connectivity index (χ0v) is 20.1. The number of carbonyl (C=O) groups is 1. The monoisotopic (exact) mass is 452 g/mol. The average Bonchev–Trinajstić information content (AvgIpc) is 2.67. The van der Waals surface area contributed by atoms with Crippen LogP contribution in [0, 0.1) is 0 Å². The Morgan fingerprint density at radius 3 is 1.63 bits per heavy atom. The van der Waals surface area contributed by atoms with E-state index in [2.05, 4.69) is 11.4 Å². The SMILES string of the molecule is CCCCCCCCCCCCCCCCCC(=O)OCCOC(C)OP(=O)(O)O. The molecular formula is C22H45O7P. The van der Waals surface area contributed by atoms with E-state index < -0.39 is 14.1 Å². The number of rotatable bonds is 22. The summed E-state index contributed by atoms with van der Waals surface area (Å²) in [5.74, 6) is -0.267. The van der Waals surface area contributed by atoms with Crippen LogP contribution in [0.15, 0.2) is 0 Å². The Morgan fingerprint density at radius 1 is 0.767 bits per heavy atom. The standard InChI is InChI=1S/C22H45O7P/c1-3-4-5-6-7-8-9-10-11-12-13-14-15-16-17-18-22(23)28-20-19-27-21(2)29-30(24,25)26/h21H,3-20H2,1-2H3,(H2,24,25,26). The average molecular weight is 453 g/mol. The zero-order valence-electron chi connectivity index (χ0n) is 19.2. The zero-order chi connectivity index (χ0) is 22.5. The van der Waals surface area contributed by atoms with Gasteiger partial charge in [-0.3, -0.25) is 9.32 Å². The van der Waals surface area contributed by atoms with Gasteiger partial charge >= 0.3 is 13.8 Å². The second kappa shape index (κ2) is 20.4. The molecule has 0 aliphatic carbocycles. The lowest BCUT2D eigenvalue weighted by molar-refractivity contribution is -0.149. The normalized spacial score (nSPS) is 12.8. The minimum absolute atomic E-state index is 0.0335. The van der Waals surface area contributed by atoms with E-state index in [9.17, 15) is 9.36 Å². The molecule has 2 N–H and O–H groups in total. The highest BCUT2D eigenvalue weighted by molar-refractivity contribution is 7.46. The molecule has 0 aromatic rings. The molecule has 0 aromatic heterocycles. The van der Waals surface area contributed by atoms with E-state index in [1.165, 1.54) is 84.0 Å². The summed E-state index contributed by atoms with van der Waals surface area (Å²) < 4.78 is 25.0. The first-order valence-corrected chi connectivity index (χ1v) is 13.4. The van der Waals surface area contributed by atoms with Gasteiger partial charge in [0, 0.05) is 6.42 Å². The van der Waals surface area contributed by atoms with Crippen LogP contribution >= 0.6 is 7.82 Å². The third kappa shape index (κ3) is 23.8. The van der Waals surface area contributed by atoms with Gasteiger partial charge in [-0.1, -0.05) is 96.8 Å². The third-order valence-electron chi connectivity index (χ3n) is 4.97. The van der Waals surface area contributed by atoms with E-state index in [0.717, 1.165) is 19.3 Å². The summed E-state index contributed by atoms with van der Waals surface area (Å²) in [5.41, 5.74) is 0. The topological polar surface area (TPSA) is 102 Å². The number of hydrogen-bond acceptors (Lipinski definition) is 5. The molecule has 0 aromatic carbocycles. The van der Waals surface area contributed by atoms with E-state index in [0.29, 0.717) is 6.42 Å². The predicted octanol–water partition coefficient (Wildman–Crippen LogP) is 6.26. The first-order chi connectivity index (χ1) is 14.3. The summed E-state index contributed by atoms with van der Waals surface area (Å²) in [5, 5.41) is 0. The van der Waals surface area contributed by atoms with Crippen LogP contribution in [0.3, 0.4) is 0 Å². The fourth-order valence-electron chi connectivity index (χ4n) is 3.31. The fraction of sp³-hybridized carbons (Fsp3) is 0.955. The number of ether oxygens (including phenoxy) is 2.